The van der Waals surface area contributed by atoms with Crippen LogP contribution in [0.4, 0.5) is 10.3 Å². The summed E-state index contributed by atoms with van der Waals surface area (Å²) >= 11 is 0. The van der Waals surface area contributed by atoms with Gasteiger partial charge in [-0.3, -0.25) is 14.4 Å². The number of halogens is 1. The summed E-state index contributed by atoms with van der Waals surface area (Å²) in [7, 11) is 1.41. The summed E-state index contributed by atoms with van der Waals surface area (Å²) in [6, 6.07) is 5.89. The molecule has 2 aliphatic carbocycles. The fourth-order valence-corrected chi connectivity index (χ4v) is 5.81. The van der Waals surface area contributed by atoms with Crippen molar-refractivity contribution in [1.29, 1.82) is 0 Å². The zero-order chi connectivity index (χ0) is 27.0. The first-order valence-corrected chi connectivity index (χ1v) is 12.7. The lowest BCUT2D eigenvalue weighted by molar-refractivity contribution is -0.147. The monoisotopic (exact) mass is 523 g/mol. The minimum absolute atomic E-state index is 0.0169. The summed E-state index contributed by atoms with van der Waals surface area (Å²) in [6.45, 7) is 1.80. The van der Waals surface area contributed by atoms with E-state index < -0.39 is 11.8 Å². The second-order valence-corrected chi connectivity index (χ2v) is 10.1. The van der Waals surface area contributed by atoms with Crippen LogP contribution in [0, 0.1) is 30.5 Å². The molecule has 0 saturated heterocycles. The third kappa shape index (κ3) is 5.02. The Morgan fingerprint density at radius 1 is 1.13 bits per heavy atom. The van der Waals surface area contributed by atoms with Crippen molar-refractivity contribution >= 4 is 29.5 Å². The third-order valence-electron chi connectivity index (χ3n) is 7.73. The van der Waals surface area contributed by atoms with Crippen LogP contribution in [0.25, 0.3) is 5.78 Å². The smallest absolute Gasteiger partial charge is 0.308 e. The fourth-order valence-electron chi connectivity index (χ4n) is 5.81. The Kier molecular flexibility index (Phi) is 6.96. The fraction of sp³-hybridized carbons (Fsp3) is 0.462. The van der Waals surface area contributed by atoms with E-state index in [0.29, 0.717) is 11.5 Å². The van der Waals surface area contributed by atoms with Crippen molar-refractivity contribution in [3.63, 3.8) is 0 Å². The van der Waals surface area contributed by atoms with Crippen molar-refractivity contribution in [3.05, 3.63) is 52.6 Å². The molecule has 12 heteroatoms. The number of benzene rings is 1. The van der Waals surface area contributed by atoms with Crippen molar-refractivity contribution in [1.82, 2.24) is 30.2 Å². The first kappa shape index (κ1) is 25.6. The number of fused-ring (bicyclic) bond motifs is 2. The average molecular weight is 524 g/mol. The van der Waals surface area contributed by atoms with Gasteiger partial charge < -0.3 is 21.1 Å². The minimum atomic E-state index is -0.521. The predicted octanol–water partition coefficient (Wildman–Crippen LogP) is 2.18. The maximum Gasteiger partial charge on any atom is 0.308 e. The maximum atomic E-state index is 13.6. The first-order chi connectivity index (χ1) is 18.2. The van der Waals surface area contributed by atoms with E-state index in [1.165, 1.54) is 23.8 Å². The SMILES string of the molecule is COC(=O)C1CC[C@@H]2C(CC[C@@H]2NC(=O)c2cc(C(=O)NCc3ccc(F)c(C)c3)nc3nc(N)nn23)C1. The van der Waals surface area contributed by atoms with Gasteiger partial charge in [0.05, 0.1) is 13.0 Å². The van der Waals surface area contributed by atoms with E-state index in [0.717, 1.165) is 37.7 Å². The molecule has 2 fully saturated rings. The Morgan fingerprint density at radius 3 is 2.71 bits per heavy atom. The van der Waals surface area contributed by atoms with Gasteiger partial charge in [-0.25, -0.2) is 9.37 Å². The van der Waals surface area contributed by atoms with Gasteiger partial charge in [0.25, 0.3) is 17.6 Å². The van der Waals surface area contributed by atoms with Crippen molar-refractivity contribution in [2.75, 3.05) is 12.8 Å². The number of nitrogen functional groups attached to an aromatic ring is 1. The Bertz CT molecular complexity index is 1410. The standard InChI is InChI=1S/C26H30FN7O4/c1-13-9-14(3-7-18(13)27)12-29-22(35)20-11-21(34-26(31-20)32-25(28)33-34)23(36)30-19-8-5-15-10-16(24(37)38-2)4-6-17(15)19/h3,7,9,11,15-17,19H,4-6,8,10,12H2,1-2H3,(H2,28,33)(H,29,35)(H,30,36)/t15?,16?,17-,19+/m1/s1. The molecule has 2 amide bonds. The molecule has 0 spiro atoms. The number of rotatable bonds is 6. The number of aromatic nitrogens is 4. The largest absolute Gasteiger partial charge is 0.469 e. The molecule has 0 bridgehead atoms. The number of nitrogens with one attached hydrogen (secondary N) is 2. The highest BCUT2D eigenvalue weighted by molar-refractivity contribution is 5.98. The summed E-state index contributed by atoms with van der Waals surface area (Å²) in [6.07, 6.45) is 4.04. The number of methoxy groups -OCH3 is 1. The van der Waals surface area contributed by atoms with Crippen LogP contribution in [0.2, 0.25) is 0 Å². The molecule has 4 atom stereocenters. The molecule has 0 radical (unpaired) electrons. The molecule has 38 heavy (non-hydrogen) atoms. The summed E-state index contributed by atoms with van der Waals surface area (Å²) in [5, 5.41) is 9.94. The van der Waals surface area contributed by atoms with Gasteiger partial charge in [0, 0.05) is 18.7 Å². The van der Waals surface area contributed by atoms with Crippen LogP contribution >= 0.6 is 0 Å². The quantitative estimate of drug-likeness (QED) is 0.416. The van der Waals surface area contributed by atoms with Crippen molar-refractivity contribution in [2.45, 2.75) is 51.6 Å². The summed E-state index contributed by atoms with van der Waals surface area (Å²) < 4.78 is 19.7. The van der Waals surface area contributed by atoms with E-state index in [9.17, 15) is 18.8 Å². The van der Waals surface area contributed by atoms with E-state index in [4.69, 9.17) is 10.5 Å². The number of carbonyl (C=O) groups is 3. The molecule has 2 saturated carbocycles. The summed E-state index contributed by atoms with van der Waals surface area (Å²) in [5.41, 5.74) is 7.03. The number of nitrogens with two attached hydrogens (primary N) is 1. The predicted molar refractivity (Wildman–Crippen MR) is 134 cm³/mol. The number of aryl methyl sites for hydroxylation is 1. The van der Waals surface area contributed by atoms with Crippen LogP contribution < -0.4 is 16.4 Å². The number of anilines is 1. The van der Waals surface area contributed by atoms with Crippen molar-refractivity contribution in [2.24, 2.45) is 17.8 Å². The normalized spacial score (nSPS) is 22.6. The molecule has 0 aliphatic heterocycles. The number of esters is 1. The Labute approximate surface area is 218 Å². The highest BCUT2D eigenvalue weighted by atomic mass is 19.1. The molecule has 11 nitrogen and oxygen atoms in total. The van der Waals surface area contributed by atoms with Crippen LogP contribution in [-0.4, -0.2) is 50.5 Å². The second kappa shape index (κ2) is 10.3. The van der Waals surface area contributed by atoms with Gasteiger partial charge in [-0.2, -0.15) is 9.50 Å². The Morgan fingerprint density at radius 2 is 1.95 bits per heavy atom. The van der Waals surface area contributed by atoms with Crippen LogP contribution in [0.3, 0.4) is 0 Å². The second-order valence-electron chi connectivity index (χ2n) is 10.1. The Balaban J connectivity index is 1.32. The van der Waals surface area contributed by atoms with Gasteiger partial charge in [-0.15, -0.1) is 5.10 Å². The molecule has 2 aliphatic rings. The molecule has 2 heterocycles. The average Bonchev–Trinajstić information content (AvgIpc) is 3.49. The number of amides is 2. The molecule has 200 valence electrons. The number of hydrogen-bond donors (Lipinski definition) is 3. The van der Waals surface area contributed by atoms with E-state index >= 15 is 0 Å². The van der Waals surface area contributed by atoms with Gasteiger partial charge in [0.1, 0.15) is 17.2 Å². The maximum absolute atomic E-state index is 13.6. The van der Waals surface area contributed by atoms with Gasteiger partial charge in [-0.1, -0.05) is 12.1 Å². The molecule has 1 aromatic carbocycles. The zero-order valence-electron chi connectivity index (χ0n) is 21.2. The molecule has 3 aromatic rings. The molecule has 5 rings (SSSR count). The number of hydrogen-bond acceptors (Lipinski definition) is 8. The number of ether oxygens (including phenoxy) is 1. The summed E-state index contributed by atoms with van der Waals surface area (Å²) in [4.78, 5) is 46.6. The lowest BCUT2D eigenvalue weighted by Crippen LogP contribution is -2.41. The topological polar surface area (TPSA) is 154 Å². The zero-order valence-corrected chi connectivity index (χ0v) is 21.2. The van der Waals surface area contributed by atoms with E-state index in [1.807, 2.05) is 0 Å². The number of carbonyl (C=O) groups excluding carboxylic acids is 3. The minimum Gasteiger partial charge on any atom is -0.469 e. The highest BCUT2D eigenvalue weighted by Crippen LogP contribution is 2.44. The molecule has 2 aromatic heterocycles. The van der Waals surface area contributed by atoms with Crippen molar-refractivity contribution < 1.29 is 23.5 Å². The number of nitrogens with zero attached hydrogens (tertiary/aromatic N) is 4. The van der Waals surface area contributed by atoms with E-state index in [1.54, 1.807) is 19.1 Å². The molecular formula is C26H30FN7O4. The van der Waals surface area contributed by atoms with Crippen LogP contribution in [0.15, 0.2) is 24.3 Å². The Hall–Kier alpha value is -4.09. The van der Waals surface area contributed by atoms with Gasteiger partial charge in [-0.05, 0) is 68.1 Å². The van der Waals surface area contributed by atoms with E-state index in [2.05, 4.69) is 25.7 Å². The highest BCUT2D eigenvalue weighted by Gasteiger charge is 2.43. The van der Waals surface area contributed by atoms with Gasteiger partial charge in [0.15, 0.2) is 0 Å². The van der Waals surface area contributed by atoms with Crippen molar-refractivity contribution in [3.8, 4) is 0 Å². The summed E-state index contributed by atoms with van der Waals surface area (Å²) in [5.74, 6) is -0.952. The molecular weight excluding hydrogens is 493 g/mol. The van der Waals surface area contributed by atoms with E-state index in [-0.39, 0.29) is 59.3 Å². The van der Waals surface area contributed by atoms with Gasteiger partial charge in [0.2, 0.25) is 5.95 Å². The van der Waals surface area contributed by atoms with Crippen LogP contribution in [-0.2, 0) is 16.1 Å². The van der Waals surface area contributed by atoms with Crippen LogP contribution in [0.5, 0.6) is 0 Å². The lowest BCUT2D eigenvalue weighted by Gasteiger charge is -2.33. The first-order valence-electron chi connectivity index (χ1n) is 12.7. The van der Waals surface area contributed by atoms with Crippen LogP contribution in [0.1, 0.15) is 64.2 Å². The van der Waals surface area contributed by atoms with Gasteiger partial charge >= 0.3 is 5.97 Å². The molecule has 2 unspecified atom stereocenters. The molecule has 4 N–H and O–H groups in total. The lowest BCUT2D eigenvalue weighted by atomic mass is 9.75. The third-order valence-corrected chi connectivity index (χ3v) is 7.73.